The number of carboxylic acids is 1. The van der Waals surface area contributed by atoms with Crippen LogP contribution >= 0.6 is 23.2 Å². The average Bonchev–Trinajstić information content (AvgIpc) is 2.82. The van der Waals surface area contributed by atoms with Crippen LogP contribution in [0.2, 0.25) is 10.0 Å². The van der Waals surface area contributed by atoms with Gasteiger partial charge in [-0.25, -0.2) is 4.98 Å². The van der Waals surface area contributed by atoms with Crippen molar-refractivity contribution in [2.45, 2.75) is 19.8 Å². The maximum Gasteiger partial charge on any atom is 0.303 e. The van der Waals surface area contributed by atoms with Crippen molar-refractivity contribution >= 4 is 34.8 Å². The number of benzene rings is 1. The standard InChI is InChI=1S/C17H14Cl2N2O2/c1-10-6-7-21-14(4-5-16(22)23)17(20-15(21)8-10)12-3-2-11(18)9-13(12)19/h2-3,6-9H,4-5H2,1H3,(H,22,23). The number of carbonyl (C=O) groups is 1. The Balaban J connectivity index is 2.21. The summed E-state index contributed by atoms with van der Waals surface area (Å²) in [5, 5.41) is 10.0. The third kappa shape index (κ3) is 3.19. The summed E-state index contributed by atoms with van der Waals surface area (Å²) in [6.07, 6.45) is 2.30. The van der Waals surface area contributed by atoms with Crippen molar-refractivity contribution in [2.24, 2.45) is 0 Å². The van der Waals surface area contributed by atoms with E-state index in [2.05, 4.69) is 4.98 Å². The van der Waals surface area contributed by atoms with Crippen LogP contribution in [0.3, 0.4) is 0 Å². The molecule has 6 heteroatoms. The van der Waals surface area contributed by atoms with Crippen molar-refractivity contribution < 1.29 is 9.90 Å². The molecule has 0 aliphatic rings. The first-order valence-corrected chi connectivity index (χ1v) is 7.86. The Morgan fingerprint density at radius 3 is 2.74 bits per heavy atom. The van der Waals surface area contributed by atoms with E-state index in [0.717, 1.165) is 22.5 Å². The number of imidazole rings is 1. The van der Waals surface area contributed by atoms with Crippen LogP contribution in [-0.2, 0) is 11.2 Å². The molecular weight excluding hydrogens is 335 g/mol. The van der Waals surface area contributed by atoms with Crippen LogP contribution in [0, 0.1) is 6.92 Å². The van der Waals surface area contributed by atoms with E-state index in [9.17, 15) is 4.79 Å². The zero-order chi connectivity index (χ0) is 16.6. The molecule has 23 heavy (non-hydrogen) atoms. The van der Waals surface area contributed by atoms with E-state index in [0.29, 0.717) is 22.2 Å². The van der Waals surface area contributed by atoms with E-state index >= 15 is 0 Å². The Labute approximate surface area is 143 Å². The molecular formula is C17H14Cl2N2O2. The molecule has 0 saturated carbocycles. The van der Waals surface area contributed by atoms with E-state index in [1.807, 2.05) is 35.7 Å². The van der Waals surface area contributed by atoms with Crippen LogP contribution < -0.4 is 0 Å². The van der Waals surface area contributed by atoms with E-state index in [-0.39, 0.29) is 6.42 Å². The van der Waals surface area contributed by atoms with Gasteiger partial charge in [-0.3, -0.25) is 4.79 Å². The molecule has 4 nitrogen and oxygen atoms in total. The summed E-state index contributed by atoms with van der Waals surface area (Å²) in [6, 6.07) is 9.14. The number of aryl methyl sites for hydroxylation is 2. The number of hydrogen-bond acceptors (Lipinski definition) is 2. The summed E-state index contributed by atoms with van der Waals surface area (Å²) in [7, 11) is 0. The average molecular weight is 349 g/mol. The van der Waals surface area contributed by atoms with Gasteiger partial charge in [0.2, 0.25) is 0 Å². The summed E-state index contributed by atoms with van der Waals surface area (Å²) in [4.78, 5) is 15.6. The zero-order valence-electron chi connectivity index (χ0n) is 12.4. The Morgan fingerprint density at radius 2 is 2.04 bits per heavy atom. The first-order valence-electron chi connectivity index (χ1n) is 7.10. The largest absolute Gasteiger partial charge is 0.481 e. The second-order valence-corrected chi connectivity index (χ2v) is 6.20. The predicted octanol–water partition coefficient (Wildman–Crippen LogP) is 4.63. The van der Waals surface area contributed by atoms with Gasteiger partial charge < -0.3 is 9.51 Å². The Hall–Kier alpha value is -2.04. The van der Waals surface area contributed by atoms with Crippen molar-refractivity contribution in [3.05, 3.63) is 57.8 Å². The number of aromatic nitrogens is 2. The molecule has 0 radical (unpaired) electrons. The molecule has 2 heterocycles. The lowest BCUT2D eigenvalue weighted by molar-refractivity contribution is -0.136. The number of halogens is 2. The number of hydrogen-bond donors (Lipinski definition) is 1. The number of aliphatic carboxylic acids is 1. The van der Waals surface area contributed by atoms with E-state index in [1.165, 1.54) is 0 Å². The van der Waals surface area contributed by atoms with Gasteiger partial charge in [-0.1, -0.05) is 23.2 Å². The van der Waals surface area contributed by atoms with Crippen molar-refractivity contribution in [3.8, 4) is 11.3 Å². The van der Waals surface area contributed by atoms with Crippen LogP contribution in [0.4, 0.5) is 0 Å². The Bertz CT molecular complexity index is 903. The van der Waals surface area contributed by atoms with Crippen molar-refractivity contribution in [1.29, 1.82) is 0 Å². The van der Waals surface area contributed by atoms with Gasteiger partial charge in [-0.05, 0) is 42.8 Å². The van der Waals surface area contributed by atoms with Gasteiger partial charge in [-0.2, -0.15) is 0 Å². The minimum atomic E-state index is -0.847. The molecule has 2 aromatic heterocycles. The molecule has 118 valence electrons. The molecule has 0 fully saturated rings. The molecule has 1 N–H and O–H groups in total. The maximum atomic E-state index is 11.0. The summed E-state index contributed by atoms with van der Waals surface area (Å²) in [6.45, 7) is 1.99. The molecule has 0 unspecified atom stereocenters. The third-order valence-corrected chi connectivity index (χ3v) is 4.19. The van der Waals surface area contributed by atoms with Crippen LogP contribution in [0.1, 0.15) is 17.7 Å². The first kappa shape index (κ1) is 15.8. The van der Waals surface area contributed by atoms with E-state index < -0.39 is 5.97 Å². The van der Waals surface area contributed by atoms with Gasteiger partial charge in [0.25, 0.3) is 0 Å². The highest BCUT2D eigenvalue weighted by Crippen LogP contribution is 2.33. The fraction of sp³-hybridized carbons (Fsp3) is 0.176. The highest BCUT2D eigenvalue weighted by molar-refractivity contribution is 6.36. The second kappa shape index (κ2) is 6.22. The lowest BCUT2D eigenvalue weighted by Gasteiger charge is -2.06. The molecule has 3 rings (SSSR count). The van der Waals surface area contributed by atoms with Gasteiger partial charge >= 0.3 is 5.97 Å². The fourth-order valence-corrected chi connectivity index (χ4v) is 3.06. The molecule has 1 aromatic carbocycles. The predicted molar refractivity (Wildman–Crippen MR) is 91.3 cm³/mol. The Kier molecular flexibility index (Phi) is 4.28. The smallest absolute Gasteiger partial charge is 0.303 e. The highest BCUT2D eigenvalue weighted by Gasteiger charge is 2.17. The summed E-state index contributed by atoms with van der Waals surface area (Å²) in [5.74, 6) is -0.847. The van der Waals surface area contributed by atoms with Gasteiger partial charge in [0, 0.05) is 23.2 Å². The van der Waals surface area contributed by atoms with Crippen molar-refractivity contribution in [2.75, 3.05) is 0 Å². The van der Waals surface area contributed by atoms with Gasteiger partial charge in [-0.15, -0.1) is 0 Å². The molecule has 0 aliphatic heterocycles. The number of nitrogens with zero attached hydrogens (tertiary/aromatic N) is 2. The molecule has 0 atom stereocenters. The summed E-state index contributed by atoms with van der Waals surface area (Å²) in [5.41, 5.74) is 4.12. The zero-order valence-corrected chi connectivity index (χ0v) is 13.9. The SMILES string of the molecule is Cc1ccn2c(CCC(=O)O)c(-c3ccc(Cl)cc3Cl)nc2c1. The molecule has 3 aromatic rings. The van der Waals surface area contributed by atoms with Gasteiger partial charge in [0.05, 0.1) is 22.8 Å². The van der Waals surface area contributed by atoms with Gasteiger partial charge in [0.1, 0.15) is 5.65 Å². The van der Waals surface area contributed by atoms with Crippen LogP contribution in [0.25, 0.3) is 16.9 Å². The third-order valence-electron chi connectivity index (χ3n) is 3.64. The Morgan fingerprint density at radius 1 is 1.26 bits per heavy atom. The highest BCUT2D eigenvalue weighted by atomic mass is 35.5. The number of rotatable bonds is 4. The maximum absolute atomic E-state index is 11.0. The van der Waals surface area contributed by atoms with Crippen molar-refractivity contribution in [1.82, 2.24) is 9.38 Å². The summed E-state index contributed by atoms with van der Waals surface area (Å²) >= 11 is 12.3. The van der Waals surface area contributed by atoms with Gasteiger partial charge in [0.15, 0.2) is 0 Å². The first-order chi connectivity index (χ1) is 11.0. The minimum Gasteiger partial charge on any atom is -0.481 e. The molecule has 0 amide bonds. The number of carboxylic acid groups (broad SMARTS) is 1. The van der Waals surface area contributed by atoms with E-state index in [1.54, 1.807) is 12.1 Å². The number of pyridine rings is 1. The summed E-state index contributed by atoms with van der Waals surface area (Å²) < 4.78 is 1.91. The fourth-order valence-electron chi connectivity index (χ4n) is 2.56. The minimum absolute atomic E-state index is 0.0277. The van der Waals surface area contributed by atoms with Crippen molar-refractivity contribution in [3.63, 3.8) is 0 Å². The normalized spacial score (nSPS) is 11.1. The lowest BCUT2D eigenvalue weighted by atomic mass is 10.1. The van der Waals surface area contributed by atoms with Crippen LogP contribution in [-0.4, -0.2) is 20.5 Å². The number of fused-ring (bicyclic) bond motifs is 1. The van der Waals surface area contributed by atoms with E-state index in [4.69, 9.17) is 28.3 Å². The van der Waals surface area contributed by atoms with Crippen LogP contribution in [0.5, 0.6) is 0 Å². The quantitative estimate of drug-likeness (QED) is 0.747. The molecule has 0 spiro atoms. The van der Waals surface area contributed by atoms with Crippen LogP contribution in [0.15, 0.2) is 36.5 Å². The second-order valence-electron chi connectivity index (χ2n) is 5.36. The topological polar surface area (TPSA) is 54.6 Å². The lowest BCUT2D eigenvalue weighted by Crippen LogP contribution is -2.01. The molecule has 0 aliphatic carbocycles. The monoisotopic (exact) mass is 348 g/mol. The molecule has 0 saturated heterocycles. The molecule has 0 bridgehead atoms.